The first kappa shape index (κ1) is 8.16. The summed E-state index contributed by atoms with van der Waals surface area (Å²) >= 11 is 0. The Hall–Kier alpha value is -1.45. The Morgan fingerprint density at radius 2 is 2.31 bits per heavy atom. The predicted octanol–water partition coefficient (Wildman–Crippen LogP) is 1.55. The van der Waals surface area contributed by atoms with E-state index < -0.39 is 6.17 Å². The molecule has 1 aliphatic rings. The molecule has 1 heterocycles. The van der Waals surface area contributed by atoms with Crippen LogP contribution < -0.4 is 5.56 Å². The van der Waals surface area contributed by atoms with Crippen LogP contribution in [0.15, 0.2) is 16.9 Å². The third-order valence-corrected chi connectivity index (χ3v) is 2.24. The van der Waals surface area contributed by atoms with Crippen molar-refractivity contribution in [2.24, 2.45) is 0 Å². The van der Waals surface area contributed by atoms with Crippen molar-refractivity contribution in [1.82, 2.24) is 4.98 Å². The van der Waals surface area contributed by atoms with Crippen molar-refractivity contribution in [2.45, 2.75) is 19.0 Å². The molecule has 2 N–H and O–H groups in total. The Morgan fingerprint density at radius 1 is 1.54 bits per heavy atom. The van der Waals surface area contributed by atoms with Gasteiger partial charge in [-0.2, -0.15) is 0 Å². The van der Waals surface area contributed by atoms with Gasteiger partial charge in [-0.1, -0.05) is 0 Å². The first-order chi connectivity index (χ1) is 6.18. The van der Waals surface area contributed by atoms with Gasteiger partial charge in [0.25, 0.3) is 0 Å². The van der Waals surface area contributed by atoms with E-state index in [1.807, 2.05) is 0 Å². The van der Waals surface area contributed by atoms with E-state index in [1.165, 1.54) is 12.1 Å². The molecule has 0 fully saturated rings. The van der Waals surface area contributed by atoms with Crippen LogP contribution in [-0.4, -0.2) is 10.7 Å². The average molecular weight is 180 g/mol. The molecule has 0 saturated heterocycles. The van der Waals surface area contributed by atoms with E-state index in [4.69, 9.17) is 5.41 Å². The van der Waals surface area contributed by atoms with Crippen molar-refractivity contribution in [3.8, 4) is 0 Å². The van der Waals surface area contributed by atoms with Crippen molar-refractivity contribution in [1.29, 1.82) is 5.41 Å². The summed E-state index contributed by atoms with van der Waals surface area (Å²) in [6.07, 6.45) is -0.385. The summed E-state index contributed by atoms with van der Waals surface area (Å²) in [5, 5.41) is 7.54. The lowest BCUT2D eigenvalue weighted by molar-refractivity contribution is 0.314. The molecule has 13 heavy (non-hydrogen) atoms. The molecule has 0 saturated carbocycles. The molecule has 0 amide bonds. The van der Waals surface area contributed by atoms with Crippen LogP contribution in [0, 0.1) is 5.41 Å². The van der Waals surface area contributed by atoms with Gasteiger partial charge in [-0.3, -0.25) is 4.79 Å². The van der Waals surface area contributed by atoms with Crippen LogP contribution >= 0.6 is 0 Å². The Balaban J connectivity index is 2.63. The molecule has 2 rings (SSSR count). The number of aromatic amines is 1. The van der Waals surface area contributed by atoms with Crippen LogP contribution in [-0.2, 0) is 0 Å². The monoisotopic (exact) mass is 180 g/mol. The van der Waals surface area contributed by atoms with Gasteiger partial charge in [-0.15, -0.1) is 0 Å². The fourth-order valence-electron chi connectivity index (χ4n) is 1.55. The topological polar surface area (TPSA) is 56.7 Å². The maximum absolute atomic E-state index is 13.3. The molecule has 4 heteroatoms. The van der Waals surface area contributed by atoms with Gasteiger partial charge in [0, 0.05) is 17.3 Å². The standard InChI is InChI=1S/C9H9FN2O/c10-6-2-3-7(11)5-1-4-8(13)12-9(5)6/h1,4,6,11H,2-3H2,(H,12,13). The number of halogens is 1. The molecule has 3 nitrogen and oxygen atoms in total. The summed E-state index contributed by atoms with van der Waals surface area (Å²) in [6, 6.07) is 2.84. The zero-order chi connectivity index (χ0) is 9.42. The minimum absolute atomic E-state index is 0.267. The van der Waals surface area contributed by atoms with Crippen molar-refractivity contribution < 1.29 is 4.39 Å². The number of rotatable bonds is 0. The summed E-state index contributed by atoms with van der Waals surface area (Å²) in [7, 11) is 0. The first-order valence-electron chi connectivity index (χ1n) is 4.13. The molecule has 0 aromatic carbocycles. The fraction of sp³-hybridized carbons (Fsp3) is 0.333. The van der Waals surface area contributed by atoms with Gasteiger partial charge in [0.2, 0.25) is 5.56 Å². The smallest absolute Gasteiger partial charge is 0.248 e. The van der Waals surface area contributed by atoms with E-state index in [0.717, 1.165) is 0 Å². The number of hydrogen-bond acceptors (Lipinski definition) is 2. The molecule has 0 spiro atoms. The van der Waals surface area contributed by atoms with E-state index in [-0.39, 0.29) is 11.3 Å². The molecule has 1 aromatic rings. The molecule has 0 bridgehead atoms. The average Bonchev–Trinajstić information content (AvgIpc) is 2.12. The summed E-state index contributed by atoms with van der Waals surface area (Å²) in [5.74, 6) is 0. The summed E-state index contributed by atoms with van der Waals surface area (Å²) in [6.45, 7) is 0. The Bertz CT molecular complexity index is 410. The second kappa shape index (κ2) is 2.80. The Kier molecular flexibility index (Phi) is 1.76. The number of H-pyrrole nitrogens is 1. The molecule has 1 aromatic heterocycles. The minimum atomic E-state index is -1.13. The van der Waals surface area contributed by atoms with Crippen LogP contribution in [0.3, 0.4) is 0 Å². The van der Waals surface area contributed by atoms with Gasteiger partial charge in [0.15, 0.2) is 0 Å². The SMILES string of the molecule is N=C1CCC(F)c2[nH]c(=O)ccc21. The van der Waals surface area contributed by atoms with Gasteiger partial charge in [0.05, 0.1) is 5.69 Å². The van der Waals surface area contributed by atoms with Crippen LogP contribution in [0.25, 0.3) is 0 Å². The fourth-order valence-corrected chi connectivity index (χ4v) is 1.55. The van der Waals surface area contributed by atoms with Crippen molar-refractivity contribution in [3.63, 3.8) is 0 Å². The van der Waals surface area contributed by atoms with Gasteiger partial charge in [-0.25, -0.2) is 4.39 Å². The highest BCUT2D eigenvalue weighted by atomic mass is 19.1. The highest BCUT2D eigenvalue weighted by Gasteiger charge is 2.23. The van der Waals surface area contributed by atoms with Crippen LogP contribution in [0.1, 0.15) is 30.3 Å². The highest BCUT2D eigenvalue weighted by Crippen LogP contribution is 2.29. The number of nitrogens with one attached hydrogen (secondary N) is 2. The van der Waals surface area contributed by atoms with Crippen LogP contribution in [0.4, 0.5) is 4.39 Å². The third-order valence-electron chi connectivity index (χ3n) is 2.24. The zero-order valence-corrected chi connectivity index (χ0v) is 6.93. The van der Waals surface area contributed by atoms with Gasteiger partial charge in [-0.05, 0) is 18.9 Å². The molecule has 68 valence electrons. The molecule has 0 aliphatic heterocycles. The molecular formula is C9H9FN2O. The van der Waals surface area contributed by atoms with Gasteiger partial charge < -0.3 is 10.4 Å². The van der Waals surface area contributed by atoms with E-state index in [2.05, 4.69) is 4.98 Å². The number of pyridine rings is 1. The lowest BCUT2D eigenvalue weighted by atomic mass is 9.93. The largest absolute Gasteiger partial charge is 0.323 e. The maximum Gasteiger partial charge on any atom is 0.248 e. The third kappa shape index (κ3) is 1.28. The summed E-state index contributed by atoms with van der Waals surface area (Å²) < 4.78 is 13.3. The lowest BCUT2D eigenvalue weighted by Gasteiger charge is -2.19. The molecular weight excluding hydrogens is 171 g/mol. The normalized spacial score (nSPS) is 21.3. The second-order valence-electron chi connectivity index (χ2n) is 3.13. The highest BCUT2D eigenvalue weighted by molar-refractivity contribution is 6.00. The Labute approximate surface area is 74.1 Å². The minimum Gasteiger partial charge on any atom is -0.323 e. The summed E-state index contributed by atoms with van der Waals surface area (Å²) in [5.41, 5.74) is 0.901. The zero-order valence-electron chi connectivity index (χ0n) is 6.93. The number of alkyl halides is 1. The quantitative estimate of drug-likeness (QED) is 0.625. The van der Waals surface area contributed by atoms with Crippen molar-refractivity contribution in [3.05, 3.63) is 33.7 Å². The molecule has 1 unspecified atom stereocenters. The van der Waals surface area contributed by atoms with Crippen molar-refractivity contribution in [2.75, 3.05) is 0 Å². The number of aromatic nitrogens is 1. The van der Waals surface area contributed by atoms with E-state index >= 15 is 0 Å². The van der Waals surface area contributed by atoms with Crippen LogP contribution in [0.5, 0.6) is 0 Å². The van der Waals surface area contributed by atoms with Gasteiger partial charge in [0.1, 0.15) is 6.17 Å². The predicted molar refractivity (Wildman–Crippen MR) is 47.0 cm³/mol. The van der Waals surface area contributed by atoms with Gasteiger partial charge >= 0.3 is 0 Å². The first-order valence-corrected chi connectivity index (χ1v) is 4.13. The van der Waals surface area contributed by atoms with Crippen molar-refractivity contribution >= 4 is 5.71 Å². The lowest BCUT2D eigenvalue weighted by Crippen LogP contribution is -2.19. The molecule has 1 atom stereocenters. The summed E-state index contributed by atoms with van der Waals surface area (Å²) in [4.78, 5) is 13.3. The van der Waals surface area contributed by atoms with E-state index in [9.17, 15) is 9.18 Å². The number of hydrogen-bond donors (Lipinski definition) is 2. The molecule has 1 aliphatic carbocycles. The van der Waals surface area contributed by atoms with E-state index in [0.29, 0.717) is 24.1 Å². The van der Waals surface area contributed by atoms with Crippen LogP contribution in [0.2, 0.25) is 0 Å². The maximum atomic E-state index is 13.3. The van der Waals surface area contributed by atoms with E-state index in [1.54, 1.807) is 0 Å². The molecule has 0 radical (unpaired) electrons. The number of fused-ring (bicyclic) bond motifs is 1. The Morgan fingerprint density at radius 3 is 3.08 bits per heavy atom. The second-order valence-corrected chi connectivity index (χ2v) is 3.13.